The van der Waals surface area contributed by atoms with E-state index in [2.05, 4.69) is 0 Å². The number of ether oxygens (including phenoxy) is 1. The largest absolute Gasteiger partial charge is 0.453 e. The highest BCUT2D eigenvalue weighted by molar-refractivity contribution is 5.93. The van der Waals surface area contributed by atoms with Crippen LogP contribution in [0.2, 0.25) is 0 Å². The Kier molecular flexibility index (Phi) is 4.24. The normalized spacial score (nSPS) is 12.7. The first-order chi connectivity index (χ1) is 14.5. The molecule has 5 rings (SSSR count). The summed E-state index contributed by atoms with van der Waals surface area (Å²) in [5.41, 5.74) is 2.72. The molecule has 0 aromatic heterocycles. The van der Waals surface area contributed by atoms with Crippen LogP contribution in [-0.2, 0) is 6.18 Å². The Labute approximate surface area is 171 Å². The van der Waals surface area contributed by atoms with Crippen molar-refractivity contribution in [3.8, 4) is 22.6 Å². The average molecular weight is 403 g/mol. The van der Waals surface area contributed by atoms with Gasteiger partial charge < -0.3 is 9.64 Å². The van der Waals surface area contributed by atoms with Crippen molar-refractivity contribution < 1.29 is 17.9 Å². The molecule has 5 heteroatoms. The molecule has 0 unspecified atom stereocenters. The van der Waals surface area contributed by atoms with E-state index in [9.17, 15) is 13.2 Å². The molecule has 0 amide bonds. The third-order valence-electron chi connectivity index (χ3n) is 5.08. The van der Waals surface area contributed by atoms with Crippen LogP contribution in [0.15, 0.2) is 97.1 Å². The van der Waals surface area contributed by atoms with Gasteiger partial charge in [0, 0.05) is 5.56 Å². The van der Waals surface area contributed by atoms with Crippen LogP contribution in [0.4, 0.5) is 30.2 Å². The molecule has 0 saturated carbocycles. The van der Waals surface area contributed by atoms with E-state index < -0.39 is 11.7 Å². The van der Waals surface area contributed by atoms with Gasteiger partial charge in [-0.15, -0.1) is 0 Å². The Bertz CT molecular complexity index is 1170. The Morgan fingerprint density at radius 3 is 1.77 bits per heavy atom. The molecule has 1 aliphatic rings. The topological polar surface area (TPSA) is 12.5 Å². The molecule has 0 N–H and O–H groups in total. The van der Waals surface area contributed by atoms with Crippen LogP contribution < -0.4 is 9.64 Å². The van der Waals surface area contributed by atoms with E-state index in [4.69, 9.17) is 4.74 Å². The first-order valence-electron chi connectivity index (χ1n) is 9.45. The van der Waals surface area contributed by atoms with Crippen LogP contribution in [0.1, 0.15) is 5.56 Å². The third-order valence-corrected chi connectivity index (χ3v) is 5.08. The highest BCUT2D eigenvalue weighted by Crippen LogP contribution is 2.52. The number of rotatable bonds is 2. The summed E-state index contributed by atoms with van der Waals surface area (Å²) in [5.74, 6) is 1.30. The minimum Gasteiger partial charge on any atom is -0.453 e. The molecule has 2 nitrogen and oxygen atoms in total. The second-order valence-electron chi connectivity index (χ2n) is 6.97. The van der Waals surface area contributed by atoms with Crippen LogP contribution in [0.25, 0.3) is 11.1 Å². The number of halogens is 3. The maximum absolute atomic E-state index is 13.5. The van der Waals surface area contributed by atoms with E-state index in [1.165, 1.54) is 12.1 Å². The summed E-state index contributed by atoms with van der Waals surface area (Å²) < 4.78 is 46.5. The van der Waals surface area contributed by atoms with Crippen molar-refractivity contribution in [1.29, 1.82) is 0 Å². The Morgan fingerprint density at radius 2 is 1.17 bits per heavy atom. The number of hydrogen-bond acceptors (Lipinski definition) is 2. The van der Waals surface area contributed by atoms with Crippen molar-refractivity contribution in [3.05, 3.63) is 103 Å². The number of alkyl halides is 3. The molecule has 0 saturated heterocycles. The number of anilines is 3. The molecule has 0 bridgehead atoms. The molecule has 0 spiro atoms. The van der Waals surface area contributed by atoms with Crippen molar-refractivity contribution in [1.82, 2.24) is 0 Å². The Morgan fingerprint density at radius 1 is 0.600 bits per heavy atom. The quantitative estimate of drug-likeness (QED) is 0.297. The molecule has 30 heavy (non-hydrogen) atoms. The minimum atomic E-state index is -4.43. The van der Waals surface area contributed by atoms with Gasteiger partial charge >= 0.3 is 6.18 Å². The van der Waals surface area contributed by atoms with Crippen LogP contribution in [0.3, 0.4) is 0 Å². The van der Waals surface area contributed by atoms with E-state index in [1.807, 2.05) is 83.8 Å². The second kappa shape index (κ2) is 6.95. The van der Waals surface area contributed by atoms with E-state index in [1.54, 1.807) is 0 Å². The lowest BCUT2D eigenvalue weighted by Crippen LogP contribution is -2.17. The van der Waals surface area contributed by atoms with Gasteiger partial charge in [-0.25, -0.2) is 0 Å². The van der Waals surface area contributed by atoms with Crippen LogP contribution in [-0.4, -0.2) is 0 Å². The summed E-state index contributed by atoms with van der Waals surface area (Å²) in [4.78, 5) is 1.96. The number of benzene rings is 4. The molecule has 4 aromatic rings. The van der Waals surface area contributed by atoms with Crippen LogP contribution >= 0.6 is 0 Å². The van der Waals surface area contributed by atoms with Crippen molar-refractivity contribution in [2.45, 2.75) is 6.18 Å². The van der Waals surface area contributed by atoms with Gasteiger partial charge in [-0.05, 0) is 48.0 Å². The van der Waals surface area contributed by atoms with Gasteiger partial charge in [-0.2, -0.15) is 13.2 Å². The SMILES string of the molecule is FC(F)(F)c1ccc(N2c3ccccc3Oc3ccccc32)c(-c2ccccc2)c1. The lowest BCUT2D eigenvalue weighted by atomic mass is 9.98. The zero-order valence-electron chi connectivity index (χ0n) is 15.7. The summed E-state index contributed by atoms with van der Waals surface area (Å²) >= 11 is 0. The van der Waals surface area contributed by atoms with Gasteiger partial charge in [0.2, 0.25) is 0 Å². The van der Waals surface area contributed by atoms with Crippen molar-refractivity contribution in [2.24, 2.45) is 0 Å². The fraction of sp³-hybridized carbons (Fsp3) is 0.0400. The Hall–Kier alpha value is -3.73. The molecule has 0 atom stereocenters. The summed E-state index contributed by atoms with van der Waals surface area (Å²) in [7, 11) is 0. The van der Waals surface area contributed by atoms with E-state index >= 15 is 0 Å². The number of hydrogen-bond donors (Lipinski definition) is 0. The number of nitrogens with zero attached hydrogens (tertiary/aromatic N) is 1. The lowest BCUT2D eigenvalue weighted by Gasteiger charge is -2.34. The van der Waals surface area contributed by atoms with E-state index in [0.29, 0.717) is 28.3 Å². The first kappa shape index (κ1) is 18.3. The molecule has 0 radical (unpaired) electrons. The molecule has 0 fully saturated rings. The van der Waals surface area contributed by atoms with Crippen molar-refractivity contribution in [2.75, 3.05) is 4.90 Å². The van der Waals surface area contributed by atoms with E-state index in [0.717, 1.165) is 17.4 Å². The zero-order chi connectivity index (χ0) is 20.7. The number of fused-ring (bicyclic) bond motifs is 2. The fourth-order valence-electron chi connectivity index (χ4n) is 3.72. The fourth-order valence-corrected chi connectivity index (χ4v) is 3.72. The first-order valence-corrected chi connectivity index (χ1v) is 9.45. The molecular weight excluding hydrogens is 387 g/mol. The van der Waals surface area contributed by atoms with Crippen LogP contribution in [0, 0.1) is 0 Å². The molecule has 4 aromatic carbocycles. The second-order valence-corrected chi connectivity index (χ2v) is 6.97. The van der Waals surface area contributed by atoms with Gasteiger partial charge in [0.1, 0.15) is 0 Å². The monoisotopic (exact) mass is 403 g/mol. The molecule has 0 aliphatic carbocycles. The zero-order valence-corrected chi connectivity index (χ0v) is 15.7. The van der Waals surface area contributed by atoms with Crippen molar-refractivity contribution in [3.63, 3.8) is 0 Å². The summed E-state index contributed by atoms with van der Waals surface area (Å²) in [6, 6.07) is 28.0. The Balaban J connectivity index is 1.79. The summed E-state index contributed by atoms with van der Waals surface area (Å²) in [6.45, 7) is 0. The summed E-state index contributed by atoms with van der Waals surface area (Å²) in [6.07, 6.45) is -4.43. The highest BCUT2D eigenvalue weighted by atomic mass is 19.4. The number of para-hydroxylation sites is 4. The standard InChI is InChI=1S/C25H16F3NO/c26-25(27,28)18-14-15-20(19(16-18)17-8-2-1-3-9-17)29-21-10-4-6-12-23(21)30-24-13-7-5-11-22(24)29/h1-16H. The van der Waals surface area contributed by atoms with Gasteiger partial charge in [0.25, 0.3) is 0 Å². The predicted molar refractivity (Wildman–Crippen MR) is 112 cm³/mol. The lowest BCUT2D eigenvalue weighted by molar-refractivity contribution is -0.137. The predicted octanol–water partition coefficient (Wildman–Crippen LogP) is 7.95. The van der Waals surface area contributed by atoms with Crippen molar-refractivity contribution >= 4 is 17.1 Å². The van der Waals surface area contributed by atoms with Gasteiger partial charge in [-0.1, -0.05) is 54.6 Å². The minimum absolute atomic E-state index is 0.497. The molecule has 148 valence electrons. The third kappa shape index (κ3) is 3.08. The molecule has 1 heterocycles. The van der Waals surface area contributed by atoms with Gasteiger partial charge in [0.05, 0.1) is 22.6 Å². The smallest absolute Gasteiger partial charge is 0.416 e. The molecule has 1 aliphatic heterocycles. The van der Waals surface area contributed by atoms with Crippen LogP contribution in [0.5, 0.6) is 11.5 Å². The molecular formula is C25H16F3NO. The average Bonchev–Trinajstić information content (AvgIpc) is 2.77. The maximum Gasteiger partial charge on any atom is 0.416 e. The van der Waals surface area contributed by atoms with Gasteiger partial charge in [0.15, 0.2) is 11.5 Å². The highest BCUT2D eigenvalue weighted by Gasteiger charge is 2.33. The van der Waals surface area contributed by atoms with E-state index in [-0.39, 0.29) is 0 Å². The maximum atomic E-state index is 13.5. The summed E-state index contributed by atoms with van der Waals surface area (Å²) in [5, 5.41) is 0. The van der Waals surface area contributed by atoms with Gasteiger partial charge in [-0.3, -0.25) is 0 Å².